The van der Waals surface area contributed by atoms with Crippen molar-refractivity contribution >= 4 is 23.3 Å². The Morgan fingerprint density at radius 2 is 1.62 bits per heavy atom. The predicted molar refractivity (Wildman–Crippen MR) is 94.2 cm³/mol. The van der Waals surface area contributed by atoms with E-state index in [4.69, 9.17) is 20.7 Å². The first kappa shape index (κ1) is 19.2. The number of anilines is 2. The molecule has 1 saturated heterocycles. The fourth-order valence-corrected chi connectivity index (χ4v) is 2.44. The van der Waals surface area contributed by atoms with Crippen LogP contribution in [0.4, 0.5) is 15.8 Å². The summed E-state index contributed by atoms with van der Waals surface area (Å²) in [6.45, 7) is 2.83. The summed E-state index contributed by atoms with van der Waals surface area (Å²) in [6, 6.07) is 10.5. The van der Waals surface area contributed by atoms with Crippen LogP contribution >= 0.6 is 0 Å². The highest BCUT2D eigenvalue weighted by atomic mass is 19.1. The van der Waals surface area contributed by atoms with Crippen LogP contribution in [0.5, 0.6) is 0 Å². The van der Waals surface area contributed by atoms with Crippen LogP contribution < -0.4 is 10.6 Å². The largest absolute Gasteiger partial charge is 0.478 e. The van der Waals surface area contributed by atoms with E-state index in [1.54, 1.807) is 12.1 Å². The topological polar surface area (TPSA) is 113 Å². The third-order valence-electron chi connectivity index (χ3n) is 3.71. The molecule has 1 aliphatic rings. The second-order valence-corrected chi connectivity index (χ2v) is 5.47. The van der Waals surface area contributed by atoms with Gasteiger partial charge in [0.15, 0.2) is 0 Å². The molecule has 138 valence electrons. The molecular formula is C18H19FN2O5. The minimum absolute atomic E-state index is 0.215. The van der Waals surface area contributed by atoms with Gasteiger partial charge in [0.05, 0.1) is 30.0 Å². The molecule has 0 unspecified atom stereocenters. The fourth-order valence-electron chi connectivity index (χ4n) is 2.44. The van der Waals surface area contributed by atoms with Crippen molar-refractivity contribution in [2.24, 2.45) is 0 Å². The minimum Gasteiger partial charge on any atom is -0.478 e. The summed E-state index contributed by atoms with van der Waals surface area (Å²) in [5, 5.41) is 17.4. The first-order valence-electron chi connectivity index (χ1n) is 7.83. The number of para-hydroxylation sites is 1. The molecule has 0 radical (unpaired) electrons. The molecular weight excluding hydrogens is 343 g/mol. The van der Waals surface area contributed by atoms with Gasteiger partial charge in [0, 0.05) is 18.8 Å². The lowest BCUT2D eigenvalue weighted by Gasteiger charge is -2.29. The van der Waals surface area contributed by atoms with E-state index in [2.05, 4.69) is 0 Å². The number of hydrogen-bond donors (Lipinski definition) is 3. The summed E-state index contributed by atoms with van der Waals surface area (Å²) < 4.78 is 17.9. The summed E-state index contributed by atoms with van der Waals surface area (Å²) in [5.74, 6) is -2.97. The zero-order valence-electron chi connectivity index (χ0n) is 13.9. The number of carboxylic acid groups (broad SMARTS) is 2. The Bertz CT molecular complexity index is 791. The molecule has 0 saturated carbocycles. The Morgan fingerprint density at radius 1 is 1.00 bits per heavy atom. The number of ether oxygens (including phenoxy) is 1. The first-order valence-corrected chi connectivity index (χ1v) is 7.83. The van der Waals surface area contributed by atoms with Crippen molar-refractivity contribution in [1.82, 2.24) is 0 Å². The second-order valence-electron chi connectivity index (χ2n) is 5.47. The van der Waals surface area contributed by atoms with Crippen molar-refractivity contribution < 1.29 is 28.9 Å². The van der Waals surface area contributed by atoms with Gasteiger partial charge >= 0.3 is 11.9 Å². The Labute approximate surface area is 149 Å². The second kappa shape index (κ2) is 8.82. The molecule has 0 aliphatic carbocycles. The van der Waals surface area contributed by atoms with E-state index in [1.165, 1.54) is 6.07 Å². The number of nitrogens with zero attached hydrogens (tertiary/aromatic N) is 1. The van der Waals surface area contributed by atoms with Crippen LogP contribution in [0, 0.1) is 5.82 Å². The molecule has 0 atom stereocenters. The van der Waals surface area contributed by atoms with Crippen LogP contribution in [-0.4, -0.2) is 48.5 Å². The van der Waals surface area contributed by atoms with Gasteiger partial charge in [-0.05, 0) is 30.3 Å². The highest BCUT2D eigenvalue weighted by molar-refractivity contribution is 5.94. The molecule has 0 spiro atoms. The predicted octanol–water partition coefficient (Wildman–Crippen LogP) is 2.33. The van der Waals surface area contributed by atoms with Crippen LogP contribution in [0.15, 0.2) is 42.5 Å². The molecule has 3 rings (SSSR count). The molecule has 2 aromatic carbocycles. The van der Waals surface area contributed by atoms with Crippen molar-refractivity contribution in [3.63, 3.8) is 0 Å². The number of carboxylic acids is 2. The monoisotopic (exact) mass is 362 g/mol. The van der Waals surface area contributed by atoms with Crippen LogP contribution in [0.3, 0.4) is 0 Å². The fraction of sp³-hybridized carbons (Fsp3) is 0.222. The van der Waals surface area contributed by atoms with Gasteiger partial charge in [0.2, 0.25) is 0 Å². The lowest BCUT2D eigenvalue weighted by molar-refractivity contribution is 0.0683. The van der Waals surface area contributed by atoms with Gasteiger partial charge in [-0.25, -0.2) is 14.0 Å². The third-order valence-corrected chi connectivity index (χ3v) is 3.71. The first-order chi connectivity index (χ1) is 12.4. The number of nitrogens with two attached hydrogens (primary N) is 1. The average Bonchev–Trinajstić information content (AvgIpc) is 2.62. The molecule has 0 amide bonds. The van der Waals surface area contributed by atoms with Gasteiger partial charge < -0.3 is 25.6 Å². The maximum atomic E-state index is 12.6. The Kier molecular flexibility index (Phi) is 6.51. The lowest BCUT2D eigenvalue weighted by atomic mass is 10.1. The summed E-state index contributed by atoms with van der Waals surface area (Å²) in [4.78, 5) is 23.3. The number of hydrogen-bond acceptors (Lipinski definition) is 5. The molecule has 0 aromatic heterocycles. The van der Waals surface area contributed by atoms with E-state index >= 15 is 0 Å². The van der Waals surface area contributed by atoms with Gasteiger partial charge in [-0.2, -0.15) is 0 Å². The quantitative estimate of drug-likeness (QED) is 0.718. The number of morpholine rings is 1. The standard InChI is InChI=1S/C11H13NO3.C7H6FNO2/c13-11(14)9-3-1-2-4-10(9)12-5-7-15-8-6-12;8-6-3-4(9)1-2-5(6)7(10)11/h1-4H,5-8H2,(H,13,14);1-3H,9H2,(H,10,11). The number of benzene rings is 2. The highest BCUT2D eigenvalue weighted by Gasteiger charge is 2.17. The van der Waals surface area contributed by atoms with Crippen LogP contribution in [-0.2, 0) is 4.74 Å². The maximum absolute atomic E-state index is 12.6. The van der Waals surface area contributed by atoms with E-state index in [9.17, 15) is 14.0 Å². The van der Waals surface area contributed by atoms with Crippen LogP contribution in [0.25, 0.3) is 0 Å². The number of aromatic carboxylic acids is 2. The normalized spacial score (nSPS) is 13.5. The lowest BCUT2D eigenvalue weighted by Crippen LogP contribution is -2.37. The molecule has 2 aromatic rings. The maximum Gasteiger partial charge on any atom is 0.338 e. The summed E-state index contributed by atoms with van der Waals surface area (Å²) in [6.07, 6.45) is 0. The van der Waals surface area contributed by atoms with Crippen molar-refractivity contribution in [3.05, 3.63) is 59.4 Å². The SMILES string of the molecule is Nc1ccc(C(=O)O)c(F)c1.O=C(O)c1ccccc1N1CCOCC1. The third kappa shape index (κ3) is 4.93. The number of carbonyl (C=O) groups is 2. The molecule has 1 heterocycles. The van der Waals surface area contributed by atoms with Crippen molar-refractivity contribution in [2.75, 3.05) is 36.9 Å². The van der Waals surface area contributed by atoms with E-state index < -0.39 is 17.8 Å². The Hall–Kier alpha value is -3.13. The average molecular weight is 362 g/mol. The van der Waals surface area contributed by atoms with E-state index in [0.29, 0.717) is 18.8 Å². The van der Waals surface area contributed by atoms with Gasteiger partial charge in [0.1, 0.15) is 5.82 Å². The zero-order chi connectivity index (χ0) is 19.1. The number of halogens is 1. The smallest absolute Gasteiger partial charge is 0.338 e. The summed E-state index contributed by atoms with van der Waals surface area (Å²) in [5.41, 5.74) is 6.19. The van der Waals surface area contributed by atoms with Gasteiger partial charge in [-0.3, -0.25) is 0 Å². The number of rotatable bonds is 3. The molecule has 4 N–H and O–H groups in total. The molecule has 7 nitrogen and oxygen atoms in total. The van der Waals surface area contributed by atoms with Crippen LogP contribution in [0.1, 0.15) is 20.7 Å². The minimum atomic E-state index is -1.29. The van der Waals surface area contributed by atoms with E-state index in [1.807, 2.05) is 17.0 Å². The van der Waals surface area contributed by atoms with Crippen LogP contribution in [0.2, 0.25) is 0 Å². The molecule has 1 aliphatic heterocycles. The van der Waals surface area contributed by atoms with E-state index in [-0.39, 0.29) is 11.3 Å². The Morgan fingerprint density at radius 3 is 2.19 bits per heavy atom. The molecule has 1 fully saturated rings. The van der Waals surface area contributed by atoms with Crippen molar-refractivity contribution in [3.8, 4) is 0 Å². The van der Waals surface area contributed by atoms with Gasteiger partial charge in [-0.1, -0.05) is 12.1 Å². The Balaban J connectivity index is 0.000000197. The highest BCUT2D eigenvalue weighted by Crippen LogP contribution is 2.21. The summed E-state index contributed by atoms with van der Waals surface area (Å²) in [7, 11) is 0. The molecule has 8 heteroatoms. The van der Waals surface area contributed by atoms with E-state index in [0.717, 1.165) is 30.9 Å². The van der Waals surface area contributed by atoms with Crippen molar-refractivity contribution in [1.29, 1.82) is 0 Å². The van der Waals surface area contributed by atoms with Crippen molar-refractivity contribution in [2.45, 2.75) is 0 Å². The van der Waals surface area contributed by atoms with Gasteiger partial charge in [0.25, 0.3) is 0 Å². The molecule has 26 heavy (non-hydrogen) atoms. The number of nitrogen functional groups attached to an aromatic ring is 1. The zero-order valence-corrected chi connectivity index (χ0v) is 13.9. The van der Waals surface area contributed by atoms with Gasteiger partial charge in [-0.15, -0.1) is 0 Å². The summed E-state index contributed by atoms with van der Waals surface area (Å²) >= 11 is 0. The molecule has 0 bridgehead atoms.